The van der Waals surface area contributed by atoms with Gasteiger partial charge in [0.15, 0.2) is 5.17 Å². The minimum absolute atomic E-state index is 0.0182. The van der Waals surface area contributed by atoms with Crippen molar-refractivity contribution in [1.82, 2.24) is 5.32 Å². The van der Waals surface area contributed by atoms with Gasteiger partial charge in [-0.15, -0.1) is 5.10 Å². The summed E-state index contributed by atoms with van der Waals surface area (Å²) < 4.78 is 0. The molecule has 29 heavy (non-hydrogen) atoms. The number of anilines is 1. The third kappa shape index (κ3) is 5.96. The van der Waals surface area contributed by atoms with Gasteiger partial charge in [-0.05, 0) is 42.8 Å². The lowest BCUT2D eigenvalue weighted by Crippen LogP contribution is -2.28. The van der Waals surface area contributed by atoms with E-state index in [1.807, 2.05) is 12.1 Å². The van der Waals surface area contributed by atoms with Crippen molar-refractivity contribution >= 4 is 74.9 Å². The van der Waals surface area contributed by atoms with Gasteiger partial charge in [-0.1, -0.05) is 58.7 Å². The van der Waals surface area contributed by atoms with Gasteiger partial charge in [0.2, 0.25) is 11.8 Å². The lowest BCUT2D eigenvalue weighted by Gasteiger charge is -2.08. The molecule has 1 aliphatic heterocycles. The highest BCUT2D eigenvalue weighted by molar-refractivity contribution is 8.15. The summed E-state index contributed by atoms with van der Waals surface area (Å²) >= 11 is 18.8. The van der Waals surface area contributed by atoms with E-state index < -0.39 is 5.25 Å². The Bertz CT molecular complexity index is 1010. The van der Waals surface area contributed by atoms with Gasteiger partial charge in [0.25, 0.3) is 0 Å². The molecule has 0 radical (unpaired) electrons. The first-order valence-corrected chi connectivity index (χ1v) is 10.4. The van der Waals surface area contributed by atoms with E-state index in [0.29, 0.717) is 31.6 Å². The van der Waals surface area contributed by atoms with E-state index in [0.717, 1.165) is 17.3 Å². The molecular formula is C19H15Cl3N4O2S. The van der Waals surface area contributed by atoms with Crippen LogP contribution in [0.3, 0.4) is 0 Å². The molecule has 6 nitrogen and oxygen atoms in total. The summed E-state index contributed by atoms with van der Waals surface area (Å²) in [4.78, 5) is 24.4. The van der Waals surface area contributed by atoms with Crippen LogP contribution >= 0.6 is 46.6 Å². The quantitative estimate of drug-likeness (QED) is 0.478. The van der Waals surface area contributed by atoms with Crippen molar-refractivity contribution in [3.8, 4) is 0 Å². The lowest BCUT2D eigenvalue weighted by atomic mass is 10.1. The Morgan fingerprint density at radius 1 is 1.14 bits per heavy atom. The van der Waals surface area contributed by atoms with E-state index in [4.69, 9.17) is 34.8 Å². The molecule has 2 N–H and O–H groups in total. The van der Waals surface area contributed by atoms with Crippen molar-refractivity contribution in [2.24, 2.45) is 10.2 Å². The normalized spacial score (nSPS) is 18.1. The number of rotatable bonds is 5. The van der Waals surface area contributed by atoms with Crippen molar-refractivity contribution < 1.29 is 9.59 Å². The minimum Gasteiger partial charge on any atom is -0.326 e. The van der Waals surface area contributed by atoms with Crippen LogP contribution in [0.15, 0.2) is 52.7 Å². The van der Waals surface area contributed by atoms with Gasteiger partial charge in [0.1, 0.15) is 5.25 Å². The smallest absolute Gasteiger partial charge is 0.240 e. The summed E-state index contributed by atoms with van der Waals surface area (Å²) in [5.74, 6) is -0.615. The number of nitrogens with zero attached hydrogens (tertiary/aromatic N) is 2. The maximum absolute atomic E-state index is 12.2. The Hall–Kier alpha value is -2.06. The predicted octanol–water partition coefficient (Wildman–Crippen LogP) is 4.99. The fourth-order valence-corrected chi connectivity index (χ4v) is 3.75. The predicted molar refractivity (Wildman–Crippen MR) is 120 cm³/mol. The summed E-state index contributed by atoms with van der Waals surface area (Å²) in [6.45, 7) is 1.80. The van der Waals surface area contributed by atoms with Gasteiger partial charge in [-0.25, -0.2) is 0 Å². The summed E-state index contributed by atoms with van der Waals surface area (Å²) in [6.07, 6.45) is -0.0182. The number of thioether (sulfide) groups is 1. The molecule has 150 valence electrons. The molecule has 0 saturated carbocycles. The first-order chi connectivity index (χ1) is 13.8. The van der Waals surface area contributed by atoms with Gasteiger partial charge in [-0.2, -0.15) is 5.10 Å². The first kappa shape index (κ1) is 21.6. The SMILES string of the molecule is C/C(=N/N=C1\NC(=O)[C@@H](CC(=O)Nc2ccc(Cl)c(Cl)c2)S1)c1ccc(Cl)cc1. The number of nitrogens with one attached hydrogen (secondary N) is 2. The fourth-order valence-electron chi connectivity index (χ4n) is 2.41. The second kappa shape index (κ2) is 9.63. The highest BCUT2D eigenvalue weighted by Crippen LogP contribution is 2.26. The Morgan fingerprint density at radius 3 is 2.55 bits per heavy atom. The Kier molecular flexibility index (Phi) is 7.18. The second-order valence-electron chi connectivity index (χ2n) is 6.07. The highest BCUT2D eigenvalue weighted by Gasteiger charge is 2.32. The molecule has 0 spiro atoms. The third-order valence-electron chi connectivity index (χ3n) is 3.90. The molecule has 1 fully saturated rings. The van der Waals surface area contributed by atoms with Crippen LogP contribution in [0.25, 0.3) is 0 Å². The van der Waals surface area contributed by atoms with Crippen molar-refractivity contribution in [3.63, 3.8) is 0 Å². The molecule has 1 atom stereocenters. The number of hydrogen-bond donors (Lipinski definition) is 2. The number of amidine groups is 1. The van der Waals surface area contributed by atoms with E-state index in [1.165, 1.54) is 0 Å². The van der Waals surface area contributed by atoms with Crippen LogP contribution in [0.1, 0.15) is 18.9 Å². The van der Waals surface area contributed by atoms with E-state index >= 15 is 0 Å². The molecule has 3 rings (SSSR count). The zero-order valence-corrected chi connectivity index (χ0v) is 18.2. The molecular weight excluding hydrogens is 455 g/mol. The number of carbonyl (C=O) groups excluding carboxylic acids is 2. The van der Waals surface area contributed by atoms with E-state index in [2.05, 4.69) is 20.8 Å². The van der Waals surface area contributed by atoms with E-state index in [-0.39, 0.29) is 18.2 Å². The zero-order chi connectivity index (χ0) is 21.0. The minimum atomic E-state index is -0.595. The average molecular weight is 470 g/mol. The Morgan fingerprint density at radius 2 is 1.86 bits per heavy atom. The molecule has 1 heterocycles. The maximum atomic E-state index is 12.2. The Labute approximate surface area is 186 Å². The summed E-state index contributed by atoms with van der Waals surface area (Å²) in [5, 5.41) is 14.6. The van der Waals surface area contributed by atoms with Gasteiger partial charge in [0, 0.05) is 17.1 Å². The fraction of sp³-hybridized carbons (Fsp3) is 0.158. The van der Waals surface area contributed by atoms with Crippen LogP contribution in [0.4, 0.5) is 5.69 Å². The molecule has 2 aromatic rings. The monoisotopic (exact) mass is 468 g/mol. The van der Waals surface area contributed by atoms with Crippen LogP contribution in [0.5, 0.6) is 0 Å². The number of benzene rings is 2. The van der Waals surface area contributed by atoms with Gasteiger partial charge in [-0.3, -0.25) is 9.59 Å². The molecule has 2 amide bonds. The standard InChI is InChI=1S/C19H15Cl3N4O2S/c1-10(11-2-4-12(20)5-3-11)25-26-19-24-18(28)16(29-19)9-17(27)23-13-6-7-14(21)15(22)8-13/h2-8,16H,9H2,1H3,(H,23,27)(H,24,26,28)/b25-10-/t16-/m1/s1. The van der Waals surface area contributed by atoms with Gasteiger partial charge < -0.3 is 10.6 Å². The van der Waals surface area contributed by atoms with Gasteiger partial charge in [0.05, 0.1) is 15.8 Å². The number of halogens is 3. The lowest BCUT2D eigenvalue weighted by molar-refractivity contribution is -0.122. The van der Waals surface area contributed by atoms with Crippen LogP contribution in [-0.2, 0) is 9.59 Å². The molecule has 0 unspecified atom stereocenters. The molecule has 0 aliphatic carbocycles. The molecule has 10 heteroatoms. The number of amides is 2. The summed E-state index contributed by atoms with van der Waals surface area (Å²) in [7, 11) is 0. The summed E-state index contributed by atoms with van der Waals surface area (Å²) in [6, 6.07) is 12.0. The molecule has 0 aromatic heterocycles. The van der Waals surface area contributed by atoms with Crippen LogP contribution < -0.4 is 10.6 Å². The van der Waals surface area contributed by atoms with Crippen molar-refractivity contribution in [3.05, 3.63) is 63.1 Å². The Balaban J connectivity index is 1.59. The van der Waals surface area contributed by atoms with Gasteiger partial charge >= 0.3 is 0 Å². The average Bonchev–Trinajstić information content (AvgIpc) is 3.02. The molecule has 2 aromatic carbocycles. The number of hydrogen-bond acceptors (Lipinski definition) is 5. The molecule has 1 saturated heterocycles. The zero-order valence-electron chi connectivity index (χ0n) is 15.1. The van der Waals surface area contributed by atoms with Crippen LogP contribution in [0.2, 0.25) is 15.1 Å². The summed E-state index contributed by atoms with van der Waals surface area (Å²) in [5.41, 5.74) is 2.04. The molecule has 0 bridgehead atoms. The van der Waals surface area contributed by atoms with Crippen LogP contribution in [-0.4, -0.2) is 27.9 Å². The van der Waals surface area contributed by atoms with Crippen LogP contribution in [0, 0.1) is 0 Å². The second-order valence-corrected chi connectivity index (χ2v) is 8.52. The number of carbonyl (C=O) groups is 2. The molecule has 1 aliphatic rings. The highest BCUT2D eigenvalue weighted by atomic mass is 35.5. The van der Waals surface area contributed by atoms with Crippen molar-refractivity contribution in [2.75, 3.05) is 5.32 Å². The maximum Gasteiger partial charge on any atom is 0.240 e. The third-order valence-corrected chi connectivity index (χ3v) is 5.97. The topological polar surface area (TPSA) is 82.9 Å². The largest absolute Gasteiger partial charge is 0.326 e. The first-order valence-electron chi connectivity index (χ1n) is 8.42. The van der Waals surface area contributed by atoms with Crippen molar-refractivity contribution in [1.29, 1.82) is 0 Å². The van der Waals surface area contributed by atoms with E-state index in [9.17, 15) is 9.59 Å². The van der Waals surface area contributed by atoms with E-state index in [1.54, 1.807) is 37.3 Å². The van der Waals surface area contributed by atoms with Crippen molar-refractivity contribution in [2.45, 2.75) is 18.6 Å².